The summed E-state index contributed by atoms with van der Waals surface area (Å²) in [4.78, 5) is 22.3. The SMILES string of the molecule is Cc1c(Cl)ncnc1OC1CC2CC[C@@H](C1)N2C(=O)OC(C)C. The molecule has 2 aliphatic rings. The molecule has 0 saturated carbocycles. The average Bonchev–Trinajstić information content (AvgIpc) is 2.75. The Bertz CT molecular complexity index is 582. The van der Waals surface area contributed by atoms with Crippen LogP contribution in [0, 0.1) is 6.92 Å². The van der Waals surface area contributed by atoms with Gasteiger partial charge < -0.3 is 14.4 Å². The van der Waals surface area contributed by atoms with Crippen molar-refractivity contribution in [2.24, 2.45) is 0 Å². The van der Waals surface area contributed by atoms with Gasteiger partial charge in [0.15, 0.2) is 0 Å². The molecule has 0 N–H and O–H groups in total. The first-order valence-electron chi connectivity index (χ1n) is 8.08. The van der Waals surface area contributed by atoms with Gasteiger partial charge in [0.1, 0.15) is 17.6 Å². The van der Waals surface area contributed by atoms with E-state index in [0.717, 1.165) is 31.2 Å². The molecule has 3 heterocycles. The van der Waals surface area contributed by atoms with Crippen molar-refractivity contribution in [1.82, 2.24) is 14.9 Å². The van der Waals surface area contributed by atoms with E-state index >= 15 is 0 Å². The number of piperidine rings is 1. The molecule has 0 aromatic carbocycles. The lowest BCUT2D eigenvalue weighted by Crippen LogP contribution is -2.50. The van der Waals surface area contributed by atoms with Crippen molar-refractivity contribution in [3.63, 3.8) is 0 Å². The molecule has 1 aromatic rings. The molecule has 0 spiro atoms. The van der Waals surface area contributed by atoms with Gasteiger partial charge in [0, 0.05) is 30.5 Å². The number of aromatic nitrogens is 2. The average molecular weight is 340 g/mol. The zero-order valence-electron chi connectivity index (χ0n) is 13.7. The Hall–Kier alpha value is -1.56. The number of nitrogens with zero attached hydrogens (tertiary/aromatic N) is 3. The first kappa shape index (κ1) is 16.3. The van der Waals surface area contributed by atoms with Crippen LogP contribution in [0.4, 0.5) is 4.79 Å². The van der Waals surface area contributed by atoms with Gasteiger partial charge in [-0.1, -0.05) is 11.6 Å². The molecule has 6 nitrogen and oxygen atoms in total. The lowest BCUT2D eigenvalue weighted by Gasteiger charge is -2.38. The molecule has 126 valence electrons. The van der Waals surface area contributed by atoms with Gasteiger partial charge in [-0.25, -0.2) is 14.8 Å². The maximum absolute atomic E-state index is 12.3. The van der Waals surface area contributed by atoms with E-state index in [4.69, 9.17) is 21.1 Å². The third-order valence-corrected chi connectivity index (χ3v) is 4.87. The quantitative estimate of drug-likeness (QED) is 0.790. The van der Waals surface area contributed by atoms with Crippen LogP contribution < -0.4 is 4.74 Å². The molecule has 2 unspecified atom stereocenters. The molecule has 3 rings (SSSR count). The van der Waals surface area contributed by atoms with E-state index in [-0.39, 0.29) is 30.4 Å². The lowest BCUT2D eigenvalue weighted by atomic mass is 10.0. The van der Waals surface area contributed by atoms with Crippen molar-refractivity contribution in [3.8, 4) is 5.88 Å². The smallest absolute Gasteiger partial charge is 0.410 e. The van der Waals surface area contributed by atoms with Crippen LogP contribution in [-0.4, -0.2) is 45.3 Å². The number of amides is 1. The number of carbonyl (C=O) groups excluding carboxylic acids is 1. The van der Waals surface area contributed by atoms with Crippen LogP contribution in [0.5, 0.6) is 5.88 Å². The summed E-state index contributed by atoms with van der Waals surface area (Å²) in [6.07, 6.45) is 4.75. The van der Waals surface area contributed by atoms with Crippen LogP contribution in [0.2, 0.25) is 5.15 Å². The van der Waals surface area contributed by atoms with E-state index in [9.17, 15) is 4.79 Å². The molecule has 0 radical (unpaired) electrons. The van der Waals surface area contributed by atoms with Crippen LogP contribution in [0.1, 0.15) is 45.1 Å². The summed E-state index contributed by atoms with van der Waals surface area (Å²) in [5, 5.41) is 0.413. The number of hydrogen-bond donors (Lipinski definition) is 0. The highest BCUT2D eigenvalue weighted by molar-refractivity contribution is 6.30. The summed E-state index contributed by atoms with van der Waals surface area (Å²) >= 11 is 6.01. The van der Waals surface area contributed by atoms with Crippen LogP contribution in [-0.2, 0) is 4.74 Å². The monoisotopic (exact) mass is 339 g/mol. The Kier molecular flexibility index (Phi) is 4.62. The van der Waals surface area contributed by atoms with Gasteiger partial charge in [-0.2, -0.15) is 0 Å². The normalized spacial score (nSPS) is 26.5. The van der Waals surface area contributed by atoms with Crippen LogP contribution in [0.15, 0.2) is 6.33 Å². The summed E-state index contributed by atoms with van der Waals surface area (Å²) in [6.45, 7) is 5.59. The van der Waals surface area contributed by atoms with Crippen molar-refractivity contribution in [3.05, 3.63) is 17.0 Å². The van der Waals surface area contributed by atoms with Crippen LogP contribution >= 0.6 is 11.6 Å². The lowest BCUT2D eigenvalue weighted by molar-refractivity contribution is 0.0207. The molecule has 2 fully saturated rings. The Morgan fingerprint density at radius 1 is 1.30 bits per heavy atom. The zero-order chi connectivity index (χ0) is 16.6. The second-order valence-corrected chi connectivity index (χ2v) is 6.89. The number of hydrogen-bond acceptors (Lipinski definition) is 5. The third kappa shape index (κ3) is 3.37. The highest BCUT2D eigenvalue weighted by Gasteiger charge is 2.45. The number of rotatable bonds is 3. The van der Waals surface area contributed by atoms with Crippen LogP contribution in [0.25, 0.3) is 0 Å². The Labute approximate surface area is 141 Å². The predicted molar refractivity (Wildman–Crippen MR) is 85.7 cm³/mol. The van der Waals surface area contributed by atoms with Crippen LogP contribution in [0.3, 0.4) is 0 Å². The number of ether oxygens (including phenoxy) is 2. The Morgan fingerprint density at radius 2 is 1.96 bits per heavy atom. The molecule has 2 saturated heterocycles. The first-order chi connectivity index (χ1) is 11.0. The summed E-state index contributed by atoms with van der Waals surface area (Å²) in [5.74, 6) is 0.535. The highest BCUT2D eigenvalue weighted by atomic mass is 35.5. The van der Waals surface area contributed by atoms with Crippen molar-refractivity contribution >= 4 is 17.7 Å². The largest absolute Gasteiger partial charge is 0.474 e. The van der Waals surface area contributed by atoms with E-state index in [1.165, 1.54) is 6.33 Å². The fourth-order valence-corrected chi connectivity index (χ4v) is 3.60. The van der Waals surface area contributed by atoms with Crippen molar-refractivity contribution in [1.29, 1.82) is 0 Å². The van der Waals surface area contributed by atoms with Gasteiger partial charge >= 0.3 is 6.09 Å². The second kappa shape index (κ2) is 6.51. The molecular weight excluding hydrogens is 318 g/mol. The third-order valence-electron chi connectivity index (χ3n) is 4.49. The topological polar surface area (TPSA) is 64.6 Å². The molecule has 3 atom stereocenters. The van der Waals surface area contributed by atoms with E-state index in [2.05, 4.69) is 9.97 Å². The first-order valence-corrected chi connectivity index (χ1v) is 8.46. The Balaban J connectivity index is 1.67. The molecule has 7 heteroatoms. The highest BCUT2D eigenvalue weighted by Crippen LogP contribution is 2.38. The molecule has 0 aliphatic carbocycles. The maximum atomic E-state index is 12.3. The molecule has 2 bridgehead atoms. The fourth-order valence-electron chi connectivity index (χ4n) is 3.47. The zero-order valence-corrected chi connectivity index (χ0v) is 14.4. The summed E-state index contributed by atoms with van der Waals surface area (Å²) in [7, 11) is 0. The van der Waals surface area contributed by atoms with Crippen molar-refractivity contribution < 1.29 is 14.3 Å². The molecule has 1 aromatic heterocycles. The van der Waals surface area contributed by atoms with E-state index in [1.54, 1.807) is 0 Å². The van der Waals surface area contributed by atoms with Crippen molar-refractivity contribution in [2.45, 2.75) is 70.7 Å². The minimum Gasteiger partial charge on any atom is -0.474 e. The minimum absolute atomic E-state index is 0.0419. The van der Waals surface area contributed by atoms with Gasteiger partial charge in [-0.3, -0.25) is 0 Å². The maximum Gasteiger partial charge on any atom is 0.410 e. The van der Waals surface area contributed by atoms with Gasteiger partial charge in [-0.15, -0.1) is 0 Å². The standard InChI is InChI=1S/C16H22ClN3O3/c1-9(2)22-16(21)20-11-4-5-12(20)7-13(6-11)23-15-10(3)14(17)18-8-19-15/h8-9,11-13H,4-7H2,1-3H3/t11-,12?,13?/m0/s1. The molecule has 2 aliphatic heterocycles. The van der Waals surface area contributed by atoms with E-state index in [1.807, 2.05) is 25.7 Å². The number of halogens is 1. The second-order valence-electron chi connectivity index (χ2n) is 6.53. The summed E-state index contributed by atoms with van der Waals surface area (Å²) in [5.41, 5.74) is 0.753. The summed E-state index contributed by atoms with van der Waals surface area (Å²) in [6, 6.07) is 0.366. The van der Waals surface area contributed by atoms with Gasteiger partial charge in [0.2, 0.25) is 5.88 Å². The fraction of sp³-hybridized carbons (Fsp3) is 0.688. The molecule has 1 amide bonds. The minimum atomic E-state index is -0.202. The van der Waals surface area contributed by atoms with E-state index < -0.39 is 0 Å². The predicted octanol–water partition coefficient (Wildman–Crippen LogP) is 3.36. The van der Waals surface area contributed by atoms with Gasteiger partial charge in [0.05, 0.1) is 6.10 Å². The number of carbonyl (C=O) groups is 1. The van der Waals surface area contributed by atoms with Gasteiger partial charge in [0.25, 0.3) is 0 Å². The summed E-state index contributed by atoms with van der Waals surface area (Å²) < 4.78 is 11.4. The van der Waals surface area contributed by atoms with E-state index in [0.29, 0.717) is 11.0 Å². The molecule has 23 heavy (non-hydrogen) atoms. The van der Waals surface area contributed by atoms with Crippen molar-refractivity contribution in [2.75, 3.05) is 0 Å². The number of fused-ring (bicyclic) bond motifs is 2. The van der Waals surface area contributed by atoms with Gasteiger partial charge in [-0.05, 0) is 33.6 Å². The molecular formula is C16H22ClN3O3. The Morgan fingerprint density at radius 3 is 2.57 bits per heavy atom.